The predicted octanol–water partition coefficient (Wildman–Crippen LogP) is -3.71. The van der Waals surface area contributed by atoms with Gasteiger partial charge in [0.05, 0.1) is 25.9 Å². The molecule has 3 aliphatic rings. The fourth-order valence-corrected chi connectivity index (χ4v) is 5.99. The molecule has 10 N–H and O–H groups in total. The lowest BCUT2D eigenvalue weighted by atomic mass is 9.95. The van der Waals surface area contributed by atoms with Crippen molar-refractivity contribution in [3.05, 3.63) is 0 Å². The van der Waals surface area contributed by atoms with Crippen molar-refractivity contribution in [3.8, 4) is 0 Å². The van der Waals surface area contributed by atoms with Crippen LogP contribution in [0.1, 0.15) is 6.92 Å². The number of alkyl carbamates (subject to hydrolysis) is 1. The maximum atomic E-state index is 12.4. The second-order valence-corrected chi connectivity index (χ2v) is 14.0. The van der Waals surface area contributed by atoms with E-state index in [0.717, 1.165) is 0 Å². The summed E-state index contributed by atoms with van der Waals surface area (Å²) in [6.45, 7) is -1.16. The third-order valence-corrected chi connectivity index (χ3v) is 8.48. The summed E-state index contributed by atoms with van der Waals surface area (Å²) in [7, 11) is 0. The zero-order chi connectivity index (χ0) is 32.9. The molecule has 0 radical (unpaired) electrons. The molecule has 0 spiro atoms. The van der Waals surface area contributed by atoms with Gasteiger partial charge in [-0.15, -0.1) is 11.8 Å². The molecule has 3 heterocycles. The summed E-state index contributed by atoms with van der Waals surface area (Å²) >= 11 is 18.0. The summed E-state index contributed by atoms with van der Waals surface area (Å²) in [6, 6.07) is -1.24. The number of thioether (sulfide) groups is 1. The van der Waals surface area contributed by atoms with Gasteiger partial charge >= 0.3 is 6.09 Å². The number of hydrogen-bond acceptors (Lipinski definition) is 17. The van der Waals surface area contributed by atoms with Gasteiger partial charge in [0.2, 0.25) is 3.79 Å². The van der Waals surface area contributed by atoms with E-state index in [1.807, 2.05) is 0 Å². The number of carbonyl (C=O) groups excluding carboxylic acids is 1. The minimum absolute atomic E-state index is 0.458. The fraction of sp³-hybridized carbons (Fsp3) is 0.957. The van der Waals surface area contributed by atoms with Crippen molar-refractivity contribution in [1.29, 1.82) is 0 Å². The zero-order valence-corrected chi connectivity index (χ0v) is 26.2. The Labute approximate surface area is 270 Å². The Morgan fingerprint density at radius 1 is 0.750 bits per heavy atom. The number of aliphatic hydroxyl groups excluding tert-OH is 9. The highest BCUT2D eigenvalue weighted by Gasteiger charge is 2.54. The van der Waals surface area contributed by atoms with Crippen LogP contribution in [-0.2, 0) is 28.4 Å². The van der Waals surface area contributed by atoms with Crippen LogP contribution in [0.2, 0.25) is 0 Å². The number of aliphatic hydroxyl groups is 9. The lowest BCUT2D eigenvalue weighted by molar-refractivity contribution is -0.371. The van der Waals surface area contributed by atoms with Gasteiger partial charge in [-0.3, -0.25) is 0 Å². The molecule has 0 aromatic heterocycles. The Morgan fingerprint density at radius 2 is 1.30 bits per heavy atom. The molecule has 21 heteroatoms. The number of hydrogen-bond donors (Lipinski definition) is 10. The van der Waals surface area contributed by atoms with Gasteiger partial charge in [-0.05, 0) is 5.75 Å². The molecule has 15 atom stereocenters. The van der Waals surface area contributed by atoms with Gasteiger partial charge in [-0.2, -0.15) is 0 Å². The number of rotatable bonds is 11. The number of nitrogens with one attached hydrogen (secondary N) is 1. The minimum Gasteiger partial charge on any atom is -0.445 e. The van der Waals surface area contributed by atoms with Crippen molar-refractivity contribution >= 4 is 52.7 Å². The molecule has 258 valence electrons. The Hall–Kier alpha value is -0.0700. The first kappa shape index (κ1) is 38.4. The Balaban J connectivity index is 1.81. The second-order valence-electron chi connectivity index (χ2n) is 10.1. The molecule has 3 rings (SSSR count). The molecular weight excluding hydrogens is 685 g/mol. The van der Waals surface area contributed by atoms with Gasteiger partial charge in [-0.1, -0.05) is 41.7 Å². The predicted molar refractivity (Wildman–Crippen MR) is 150 cm³/mol. The highest BCUT2D eigenvalue weighted by molar-refractivity contribution is 7.99. The number of alkyl halides is 3. The van der Waals surface area contributed by atoms with Crippen molar-refractivity contribution in [2.75, 3.05) is 32.2 Å². The van der Waals surface area contributed by atoms with Crippen LogP contribution in [0.3, 0.4) is 0 Å². The number of ether oxygens (including phenoxy) is 6. The topological polar surface area (TPSA) is 267 Å². The van der Waals surface area contributed by atoms with Gasteiger partial charge in [0.25, 0.3) is 0 Å². The molecule has 3 saturated heterocycles. The van der Waals surface area contributed by atoms with E-state index in [2.05, 4.69) is 5.32 Å². The summed E-state index contributed by atoms with van der Waals surface area (Å²) in [4.78, 5) is 12.4. The normalized spacial score (nSPS) is 43.4. The van der Waals surface area contributed by atoms with Crippen molar-refractivity contribution < 1.29 is 79.2 Å². The standard InChI is InChI=1S/C23H38Cl3NO16S/c1-2-44-21-10(27-22(37)38-6-23(24,25)26)13(33)17(9(5-30)41-21)42-20-16(36)18(12(32)8(4-29)40-20)43-19-15(35)14(34)11(31)7(3-28)39-19/h7-21,28-36H,2-6H2,1H3,(H,27,37)/t7-,8-,9-,10-,11+,12+,13-,14+,15-,16-,17-,18+,19-,20+,21+/m1/s1. The average Bonchev–Trinajstić information content (AvgIpc) is 2.98. The van der Waals surface area contributed by atoms with Gasteiger partial charge in [-0.25, -0.2) is 4.79 Å². The minimum atomic E-state index is -1.94. The third kappa shape index (κ3) is 9.30. The molecule has 0 unspecified atom stereocenters. The first-order valence-corrected chi connectivity index (χ1v) is 15.6. The van der Waals surface area contributed by atoms with E-state index in [1.54, 1.807) is 6.92 Å². The largest absolute Gasteiger partial charge is 0.445 e. The number of halogens is 3. The molecule has 0 bridgehead atoms. The van der Waals surface area contributed by atoms with Crippen LogP contribution in [0.4, 0.5) is 4.79 Å². The van der Waals surface area contributed by atoms with E-state index >= 15 is 0 Å². The van der Waals surface area contributed by atoms with Crippen LogP contribution in [0.15, 0.2) is 0 Å². The van der Waals surface area contributed by atoms with Crippen molar-refractivity contribution in [2.45, 2.75) is 102 Å². The highest BCUT2D eigenvalue weighted by Crippen LogP contribution is 2.35. The smallest absolute Gasteiger partial charge is 0.407 e. The van der Waals surface area contributed by atoms with Crippen LogP contribution in [0, 0.1) is 0 Å². The maximum absolute atomic E-state index is 12.4. The number of amides is 1. The molecule has 0 aromatic carbocycles. The van der Waals surface area contributed by atoms with Crippen LogP contribution in [0.25, 0.3) is 0 Å². The Morgan fingerprint density at radius 3 is 1.84 bits per heavy atom. The monoisotopic (exact) mass is 721 g/mol. The first-order chi connectivity index (χ1) is 20.7. The summed E-state index contributed by atoms with van der Waals surface area (Å²) in [5.74, 6) is 0.458. The summed E-state index contributed by atoms with van der Waals surface area (Å²) in [5.41, 5.74) is -0.932. The van der Waals surface area contributed by atoms with Crippen LogP contribution < -0.4 is 5.32 Å². The lowest BCUT2D eigenvalue weighted by Gasteiger charge is -2.48. The summed E-state index contributed by atoms with van der Waals surface area (Å²) < 4.78 is 31.0. The van der Waals surface area contributed by atoms with Gasteiger partial charge in [0, 0.05) is 0 Å². The summed E-state index contributed by atoms with van der Waals surface area (Å²) in [5, 5.41) is 95.3. The van der Waals surface area contributed by atoms with Crippen molar-refractivity contribution in [1.82, 2.24) is 5.32 Å². The van der Waals surface area contributed by atoms with Gasteiger partial charge in [0.1, 0.15) is 79.2 Å². The average molecular weight is 723 g/mol. The van der Waals surface area contributed by atoms with Crippen LogP contribution in [-0.4, -0.2) is 179 Å². The third-order valence-electron chi connectivity index (χ3n) is 7.09. The zero-order valence-electron chi connectivity index (χ0n) is 23.1. The molecule has 0 saturated carbocycles. The molecule has 0 aromatic rings. The van der Waals surface area contributed by atoms with E-state index in [-0.39, 0.29) is 0 Å². The Bertz CT molecular complexity index is 910. The second kappa shape index (κ2) is 16.8. The maximum Gasteiger partial charge on any atom is 0.407 e. The van der Waals surface area contributed by atoms with E-state index < -0.39 is 128 Å². The molecule has 3 fully saturated rings. The van der Waals surface area contributed by atoms with Gasteiger partial charge < -0.3 is 79.7 Å². The molecule has 44 heavy (non-hydrogen) atoms. The van der Waals surface area contributed by atoms with Crippen molar-refractivity contribution in [2.24, 2.45) is 0 Å². The van der Waals surface area contributed by atoms with Crippen LogP contribution >= 0.6 is 46.6 Å². The van der Waals surface area contributed by atoms with Crippen molar-refractivity contribution in [3.63, 3.8) is 0 Å². The van der Waals surface area contributed by atoms with E-state index in [4.69, 9.17) is 63.2 Å². The fourth-order valence-electron chi connectivity index (χ4n) is 4.84. The lowest BCUT2D eigenvalue weighted by Crippen LogP contribution is -2.68. The summed E-state index contributed by atoms with van der Waals surface area (Å²) in [6.07, 6.45) is -22.8. The van der Waals surface area contributed by atoms with E-state index in [1.165, 1.54) is 11.8 Å². The van der Waals surface area contributed by atoms with Crippen LogP contribution in [0.5, 0.6) is 0 Å². The molecule has 3 aliphatic heterocycles. The quantitative estimate of drug-likeness (QED) is 0.0920. The highest BCUT2D eigenvalue weighted by atomic mass is 35.6. The molecule has 17 nitrogen and oxygen atoms in total. The molecule has 1 amide bonds. The first-order valence-electron chi connectivity index (χ1n) is 13.5. The SMILES string of the molecule is CCS[C@@H]1O[C@H](CO)[C@@H](O[C@@H]2O[C@H](CO)[C@H](O)[C@H](O[C@H]3O[C@H](CO)[C@H](O)[C@H](O)[C@H]3O)[C@H]2O)[C@H](O)[C@H]1NC(=O)OCC(Cl)(Cl)Cl. The molecule has 0 aliphatic carbocycles. The number of carbonyl (C=O) groups is 1. The van der Waals surface area contributed by atoms with E-state index in [9.17, 15) is 50.8 Å². The van der Waals surface area contributed by atoms with E-state index in [0.29, 0.717) is 5.75 Å². The Kier molecular flexibility index (Phi) is 14.7. The molecular formula is C23H38Cl3NO16S. The van der Waals surface area contributed by atoms with Gasteiger partial charge in [0.15, 0.2) is 12.6 Å².